The van der Waals surface area contributed by atoms with Crippen molar-refractivity contribution in [3.05, 3.63) is 52.3 Å². The van der Waals surface area contributed by atoms with E-state index in [1.807, 2.05) is 0 Å². The molecule has 0 aliphatic rings. The second kappa shape index (κ2) is 8.58. The molecule has 0 spiro atoms. The Balaban J connectivity index is 2.14. The topological polar surface area (TPSA) is 101 Å². The van der Waals surface area contributed by atoms with Gasteiger partial charge in [-0.25, -0.2) is 14.0 Å². The summed E-state index contributed by atoms with van der Waals surface area (Å²) in [5.41, 5.74) is -0.0537. The molecule has 1 heterocycles. The molecule has 0 radical (unpaired) electrons. The number of carboxylic acid groups (broad SMARTS) is 1. The van der Waals surface area contributed by atoms with Crippen LogP contribution in [0.5, 0.6) is 5.88 Å². The van der Waals surface area contributed by atoms with Crippen molar-refractivity contribution in [2.24, 2.45) is 0 Å². The first kappa shape index (κ1) is 18.9. The molecule has 0 unspecified atom stereocenters. The monoisotopic (exact) mass is 429 g/mol. The average Bonchev–Trinajstić information content (AvgIpc) is 2.94. The molecule has 0 saturated carbocycles. The lowest BCUT2D eigenvalue weighted by molar-refractivity contribution is 0.0693. The summed E-state index contributed by atoms with van der Waals surface area (Å²) in [6.07, 6.45) is 1.48. The van der Waals surface area contributed by atoms with Crippen LogP contribution in [0, 0.1) is 5.82 Å². The molecule has 10 heteroatoms. The number of nitrogens with zero attached hydrogens (tertiary/aromatic N) is 1. The number of amides is 2. The fourth-order valence-corrected chi connectivity index (χ4v) is 2.80. The molecular formula is C15H13BrFN3O4S. The van der Waals surface area contributed by atoms with Crippen molar-refractivity contribution in [3.63, 3.8) is 0 Å². The zero-order valence-electron chi connectivity index (χ0n) is 12.7. The summed E-state index contributed by atoms with van der Waals surface area (Å²) in [7, 11) is 0. The lowest BCUT2D eigenvalue weighted by atomic mass is 10.2. The zero-order chi connectivity index (χ0) is 18.4. The Morgan fingerprint density at radius 1 is 1.48 bits per heavy atom. The number of hydrogen-bond acceptors (Lipinski definition) is 5. The number of carbonyl (C=O) groups is 2. The third-order valence-corrected chi connectivity index (χ3v) is 4.13. The van der Waals surface area contributed by atoms with Crippen molar-refractivity contribution in [2.75, 3.05) is 11.9 Å². The lowest BCUT2D eigenvalue weighted by Gasteiger charge is -2.07. The van der Waals surface area contributed by atoms with Crippen LogP contribution >= 0.6 is 27.5 Å². The number of carbonyl (C=O) groups excluding carboxylic acids is 1. The van der Waals surface area contributed by atoms with E-state index in [1.54, 1.807) is 6.07 Å². The van der Waals surface area contributed by atoms with Crippen molar-refractivity contribution < 1.29 is 23.8 Å². The van der Waals surface area contributed by atoms with Gasteiger partial charge in [0, 0.05) is 16.6 Å². The Labute approximate surface area is 154 Å². The predicted molar refractivity (Wildman–Crippen MR) is 94.7 cm³/mol. The van der Waals surface area contributed by atoms with E-state index in [0.717, 1.165) is 11.5 Å². The van der Waals surface area contributed by atoms with E-state index >= 15 is 0 Å². The molecule has 0 bridgehead atoms. The number of urea groups is 1. The number of halogens is 2. The first-order valence-corrected chi connectivity index (χ1v) is 8.44. The molecule has 132 valence electrons. The van der Waals surface area contributed by atoms with Crippen LogP contribution in [0.1, 0.15) is 15.9 Å². The van der Waals surface area contributed by atoms with E-state index in [2.05, 4.69) is 37.5 Å². The standard InChI is InChI=1S/C15H13BrFN3O4S/c1-2-5-18-15(23)19-13-11(14(21)22)12(20-25-13)24-7-8-3-4-9(16)6-10(8)17/h2-4,6H,1,5,7H2,(H,21,22)(H2,18,19,23). The molecule has 1 aromatic heterocycles. The molecule has 3 N–H and O–H groups in total. The predicted octanol–water partition coefficient (Wildman–Crippen LogP) is 3.63. The minimum absolute atomic E-state index is 0.0142. The van der Waals surface area contributed by atoms with Gasteiger partial charge in [-0.2, -0.15) is 4.37 Å². The van der Waals surface area contributed by atoms with Crippen molar-refractivity contribution in [2.45, 2.75) is 6.61 Å². The number of ether oxygens (including phenoxy) is 1. The van der Waals surface area contributed by atoms with Gasteiger partial charge in [-0.3, -0.25) is 5.32 Å². The van der Waals surface area contributed by atoms with E-state index in [1.165, 1.54) is 18.2 Å². The quantitative estimate of drug-likeness (QED) is 0.583. The van der Waals surface area contributed by atoms with Gasteiger partial charge in [0.25, 0.3) is 0 Å². The minimum atomic E-state index is -1.32. The summed E-state index contributed by atoms with van der Waals surface area (Å²) < 4.78 is 23.6. The van der Waals surface area contributed by atoms with Crippen LogP contribution in [0.15, 0.2) is 35.3 Å². The fraction of sp³-hybridized carbons (Fsp3) is 0.133. The van der Waals surface area contributed by atoms with Gasteiger partial charge < -0.3 is 15.2 Å². The van der Waals surface area contributed by atoms with Crippen LogP contribution < -0.4 is 15.4 Å². The van der Waals surface area contributed by atoms with E-state index < -0.39 is 17.8 Å². The number of anilines is 1. The van der Waals surface area contributed by atoms with Crippen LogP contribution in [0.2, 0.25) is 0 Å². The minimum Gasteiger partial charge on any atom is -0.477 e. The number of carboxylic acids is 1. The summed E-state index contributed by atoms with van der Waals surface area (Å²) in [6.45, 7) is 3.47. The molecule has 7 nitrogen and oxygen atoms in total. The summed E-state index contributed by atoms with van der Waals surface area (Å²) >= 11 is 3.90. The highest BCUT2D eigenvalue weighted by Crippen LogP contribution is 2.31. The highest BCUT2D eigenvalue weighted by atomic mass is 79.9. The van der Waals surface area contributed by atoms with Gasteiger partial charge in [0.05, 0.1) is 0 Å². The van der Waals surface area contributed by atoms with Crippen LogP contribution in [0.3, 0.4) is 0 Å². The lowest BCUT2D eigenvalue weighted by Crippen LogP contribution is -2.28. The Bertz CT molecular complexity index is 812. The Kier molecular flexibility index (Phi) is 6.48. The Morgan fingerprint density at radius 3 is 2.88 bits per heavy atom. The summed E-state index contributed by atoms with van der Waals surface area (Å²) in [6, 6.07) is 3.82. The highest BCUT2D eigenvalue weighted by Gasteiger charge is 2.23. The number of aromatic nitrogens is 1. The number of hydrogen-bond donors (Lipinski definition) is 3. The molecule has 2 amide bonds. The van der Waals surface area contributed by atoms with E-state index in [9.17, 15) is 19.1 Å². The van der Waals surface area contributed by atoms with Crippen LogP contribution in [-0.4, -0.2) is 28.0 Å². The second-order valence-electron chi connectivity index (χ2n) is 4.65. The molecule has 0 aliphatic heterocycles. The van der Waals surface area contributed by atoms with Gasteiger partial charge >= 0.3 is 12.0 Å². The number of aromatic carboxylic acids is 1. The summed E-state index contributed by atoms with van der Waals surface area (Å²) in [4.78, 5) is 23.1. The molecule has 2 aromatic rings. The van der Waals surface area contributed by atoms with E-state index in [-0.39, 0.29) is 35.2 Å². The maximum Gasteiger partial charge on any atom is 0.344 e. The molecule has 1 aromatic carbocycles. The molecule has 25 heavy (non-hydrogen) atoms. The molecular weight excluding hydrogens is 417 g/mol. The maximum atomic E-state index is 13.8. The van der Waals surface area contributed by atoms with Gasteiger partial charge in [0.15, 0.2) is 5.56 Å². The van der Waals surface area contributed by atoms with E-state index in [4.69, 9.17) is 4.74 Å². The normalized spacial score (nSPS) is 10.2. The molecule has 0 saturated heterocycles. The third-order valence-electron chi connectivity index (χ3n) is 2.89. The van der Waals surface area contributed by atoms with Crippen molar-refractivity contribution >= 4 is 44.5 Å². The first-order chi connectivity index (χ1) is 11.9. The molecule has 0 aliphatic carbocycles. The smallest absolute Gasteiger partial charge is 0.344 e. The zero-order valence-corrected chi connectivity index (χ0v) is 15.1. The van der Waals surface area contributed by atoms with Gasteiger partial charge in [-0.1, -0.05) is 28.1 Å². The van der Waals surface area contributed by atoms with Crippen molar-refractivity contribution in [1.29, 1.82) is 0 Å². The fourth-order valence-electron chi connectivity index (χ4n) is 1.74. The second-order valence-corrected chi connectivity index (χ2v) is 6.33. The summed E-state index contributed by atoms with van der Waals surface area (Å²) in [5, 5.41) is 14.2. The van der Waals surface area contributed by atoms with Crippen molar-refractivity contribution in [3.8, 4) is 5.88 Å². The van der Waals surface area contributed by atoms with Crippen molar-refractivity contribution in [1.82, 2.24) is 9.69 Å². The maximum absolute atomic E-state index is 13.8. The van der Waals surface area contributed by atoms with Crippen LogP contribution in [0.25, 0.3) is 0 Å². The van der Waals surface area contributed by atoms with Gasteiger partial charge in [-0.15, -0.1) is 6.58 Å². The number of nitrogens with one attached hydrogen (secondary N) is 2. The largest absolute Gasteiger partial charge is 0.477 e. The van der Waals surface area contributed by atoms with Gasteiger partial charge in [-0.05, 0) is 23.7 Å². The Morgan fingerprint density at radius 2 is 2.24 bits per heavy atom. The first-order valence-electron chi connectivity index (χ1n) is 6.87. The SMILES string of the molecule is C=CCNC(=O)Nc1snc(OCc2ccc(Br)cc2F)c1C(=O)O. The van der Waals surface area contributed by atoms with Gasteiger partial charge in [0.1, 0.15) is 17.4 Å². The average molecular weight is 430 g/mol. The van der Waals surface area contributed by atoms with E-state index in [0.29, 0.717) is 4.47 Å². The third kappa shape index (κ3) is 5.00. The van der Waals surface area contributed by atoms with Crippen LogP contribution in [-0.2, 0) is 6.61 Å². The van der Waals surface area contributed by atoms with Gasteiger partial charge in [0.2, 0.25) is 5.88 Å². The van der Waals surface area contributed by atoms with Crippen LogP contribution in [0.4, 0.5) is 14.2 Å². The molecule has 0 atom stereocenters. The Hall–Kier alpha value is -2.46. The molecule has 0 fully saturated rings. The number of benzene rings is 1. The highest BCUT2D eigenvalue weighted by molar-refractivity contribution is 9.10. The molecule has 2 rings (SSSR count). The number of rotatable bonds is 7. The summed E-state index contributed by atoms with van der Waals surface area (Å²) in [5.74, 6) is -2.01.